The van der Waals surface area contributed by atoms with Gasteiger partial charge in [0.25, 0.3) is 0 Å². The van der Waals surface area contributed by atoms with E-state index in [9.17, 15) is 9.59 Å². The van der Waals surface area contributed by atoms with E-state index < -0.39 is 11.9 Å². The highest BCUT2D eigenvalue weighted by Gasteiger charge is 2.51. The van der Waals surface area contributed by atoms with Crippen LogP contribution < -0.4 is 0 Å². The quantitative estimate of drug-likeness (QED) is 0.674. The van der Waals surface area contributed by atoms with Crippen LogP contribution in [0.25, 0.3) is 0 Å². The van der Waals surface area contributed by atoms with Crippen LogP contribution >= 0.6 is 0 Å². The average Bonchev–Trinajstić information content (AvgIpc) is 2.88. The fraction of sp³-hybridized carbons (Fsp3) is 0.800. The van der Waals surface area contributed by atoms with Crippen molar-refractivity contribution in [3.8, 4) is 0 Å². The van der Waals surface area contributed by atoms with Crippen LogP contribution in [0.2, 0.25) is 0 Å². The number of amides is 1. The van der Waals surface area contributed by atoms with Crippen molar-refractivity contribution in [2.45, 2.75) is 25.3 Å². The molecule has 1 aliphatic heterocycles. The molecule has 0 aromatic rings. The van der Waals surface area contributed by atoms with Gasteiger partial charge in [-0.3, -0.25) is 9.59 Å². The zero-order valence-corrected chi connectivity index (χ0v) is 8.43. The van der Waals surface area contributed by atoms with Gasteiger partial charge in [-0.25, -0.2) is 0 Å². The third kappa shape index (κ3) is 1.84. The van der Waals surface area contributed by atoms with Crippen molar-refractivity contribution in [1.82, 2.24) is 4.90 Å². The van der Waals surface area contributed by atoms with Crippen LogP contribution in [-0.4, -0.2) is 46.2 Å². The molecule has 2 fully saturated rings. The van der Waals surface area contributed by atoms with E-state index in [-0.39, 0.29) is 24.5 Å². The van der Waals surface area contributed by atoms with Gasteiger partial charge in [0.2, 0.25) is 5.91 Å². The molecule has 1 saturated heterocycles. The number of nitrogens with zero attached hydrogens (tertiary/aromatic N) is 1. The number of likely N-dealkylation sites (tertiary alicyclic amines) is 1. The molecular weight excluding hydrogens is 198 g/mol. The second kappa shape index (κ2) is 3.81. The summed E-state index contributed by atoms with van der Waals surface area (Å²) >= 11 is 0. The van der Waals surface area contributed by atoms with E-state index in [2.05, 4.69) is 0 Å². The van der Waals surface area contributed by atoms with Crippen LogP contribution in [-0.2, 0) is 9.59 Å². The zero-order chi connectivity index (χ0) is 11.0. The van der Waals surface area contributed by atoms with E-state index in [1.165, 1.54) is 0 Å². The Kier molecular flexibility index (Phi) is 2.65. The number of rotatable bonds is 3. The van der Waals surface area contributed by atoms with Crippen LogP contribution in [0, 0.1) is 11.8 Å². The van der Waals surface area contributed by atoms with Crippen LogP contribution in [0.4, 0.5) is 0 Å². The summed E-state index contributed by atoms with van der Waals surface area (Å²) < 4.78 is 0. The predicted molar refractivity (Wildman–Crippen MR) is 51.1 cm³/mol. The highest BCUT2D eigenvalue weighted by Crippen LogP contribution is 2.41. The van der Waals surface area contributed by atoms with Crippen molar-refractivity contribution >= 4 is 11.9 Å². The first kappa shape index (κ1) is 10.4. The summed E-state index contributed by atoms with van der Waals surface area (Å²) in [6.45, 7) is 0.642. The molecule has 2 aliphatic rings. The SMILES string of the molecule is O=C(O)C1CC1C(=O)N1CCC[C@@H]1CO. The molecule has 2 unspecified atom stereocenters. The third-order valence-electron chi connectivity index (χ3n) is 3.30. The van der Waals surface area contributed by atoms with Crippen molar-refractivity contribution in [3.05, 3.63) is 0 Å². The lowest BCUT2D eigenvalue weighted by atomic mass is 10.2. The number of carboxylic acids is 1. The Hall–Kier alpha value is -1.10. The van der Waals surface area contributed by atoms with Gasteiger partial charge in [-0.05, 0) is 19.3 Å². The molecule has 2 N–H and O–H groups in total. The number of aliphatic carboxylic acids is 1. The molecule has 0 radical (unpaired) electrons. The van der Waals surface area contributed by atoms with E-state index in [1.807, 2.05) is 0 Å². The Morgan fingerprint density at radius 3 is 2.60 bits per heavy atom. The first-order valence-electron chi connectivity index (χ1n) is 5.29. The van der Waals surface area contributed by atoms with E-state index in [0.29, 0.717) is 13.0 Å². The highest BCUT2D eigenvalue weighted by molar-refractivity contribution is 5.89. The van der Waals surface area contributed by atoms with E-state index >= 15 is 0 Å². The molecule has 5 heteroatoms. The highest BCUT2D eigenvalue weighted by atomic mass is 16.4. The predicted octanol–water partition coefficient (Wildman–Crippen LogP) is -0.310. The molecule has 0 spiro atoms. The number of carboxylic acid groups (broad SMARTS) is 1. The topological polar surface area (TPSA) is 77.8 Å². The van der Waals surface area contributed by atoms with E-state index in [0.717, 1.165) is 12.8 Å². The summed E-state index contributed by atoms with van der Waals surface area (Å²) in [5, 5.41) is 17.8. The smallest absolute Gasteiger partial charge is 0.307 e. The molecular formula is C10H15NO4. The Balaban J connectivity index is 1.94. The maximum Gasteiger partial charge on any atom is 0.307 e. The molecule has 5 nitrogen and oxygen atoms in total. The van der Waals surface area contributed by atoms with Crippen LogP contribution in [0.1, 0.15) is 19.3 Å². The number of hydrogen-bond donors (Lipinski definition) is 2. The summed E-state index contributed by atoms with van der Waals surface area (Å²) in [7, 11) is 0. The van der Waals surface area contributed by atoms with Gasteiger partial charge in [-0.2, -0.15) is 0 Å². The first-order valence-corrected chi connectivity index (χ1v) is 5.29. The molecule has 1 aliphatic carbocycles. The van der Waals surface area contributed by atoms with Gasteiger partial charge in [-0.1, -0.05) is 0 Å². The minimum absolute atomic E-state index is 0.0177. The Morgan fingerprint density at radius 2 is 2.07 bits per heavy atom. The van der Waals surface area contributed by atoms with E-state index in [1.54, 1.807) is 4.90 Å². The largest absolute Gasteiger partial charge is 0.481 e. The number of carbonyl (C=O) groups is 2. The third-order valence-corrected chi connectivity index (χ3v) is 3.30. The van der Waals surface area contributed by atoms with Crippen molar-refractivity contribution in [1.29, 1.82) is 0 Å². The number of aliphatic hydroxyl groups is 1. The lowest BCUT2D eigenvalue weighted by molar-refractivity contribution is -0.142. The van der Waals surface area contributed by atoms with Crippen LogP contribution in [0.15, 0.2) is 0 Å². The van der Waals surface area contributed by atoms with Crippen molar-refractivity contribution in [2.75, 3.05) is 13.2 Å². The molecule has 0 bridgehead atoms. The van der Waals surface area contributed by atoms with Gasteiger partial charge < -0.3 is 15.1 Å². The van der Waals surface area contributed by atoms with Crippen LogP contribution in [0.3, 0.4) is 0 Å². The summed E-state index contributed by atoms with van der Waals surface area (Å²) in [6.07, 6.45) is 2.19. The molecule has 15 heavy (non-hydrogen) atoms. The molecule has 84 valence electrons. The van der Waals surface area contributed by atoms with Crippen molar-refractivity contribution in [2.24, 2.45) is 11.8 Å². The molecule has 1 heterocycles. The minimum Gasteiger partial charge on any atom is -0.481 e. The maximum atomic E-state index is 11.8. The summed E-state index contributed by atoms with van der Waals surface area (Å²) in [5.74, 6) is -1.79. The van der Waals surface area contributed by atoms with E-state index in [4.69, 9.17) is 10.2 Å². The van der Waals surface area contributed by atoms with Gasteiger partial charge in [0.1, 0.15) is 0 Å². The number of carbonyl (C=O) groups excluding carboxylic acids is 1. The normalized spacial score (nSPS) is 34.2. The van der Waals surface area contributed by atoms with Gasteiger partial charge in [0.15, 0.2) is 0 Å². The first-order chi connectivity index (χ1) is 7.15. The van der Waals surface area contributed by atoms with Crippen molar-refractivity contribution in [3.63, 3.8) is 0 Å². The van der Waals surface area contributed by atoms with Gasteiger partial charge in [-0.15, -0.1) is 0 Å². The molecule has 0 aromatic carbocycles. The standard InChI is InChI=1S/C10H15NO4/c12-5-6-2-1-3-11(6)9(13)7-4-8(7)10(14)15/h6-8,12H,1-5H2,(H,14,15)/t6-,7?,8?/m1/s1. The van der Waals surface area contributed by atoms with Gasteiger partial charge >= 0.3 is 5.97 Å². The monoisotopic (exact) mass is 213 g/mol. The maximum absolute atomic E-state index is 11.8. The zero-order valence-electron chi connectivity index (χ0n) is 8.43. The average molecular weight is 213 g/mol. The lowest BCUT2D eigenvalue weighted by Crippen LogP contribution is -2.39. The Morgan fingerprint density at radius 1 is 1.33 bits per heavy atom. The Labute approximate surface area is 87.7 Å². The number of aliphatic hydroxyl groups excluding tert-OH is 1. The second-order valence-electron chi connectivity index (χ2n) is 4.30. The van der Waals surface area contributed by atoms with Crippen LogP contribution in [0.5, 0.6) is 0 Å². The van der Waals surface area contributed by atoms with Gasteiger partial charge in [0.05, 0.1) is 24.5 Å². The summed E-state index contributed by atoms with van der Waals surface area (Å²) in [4.78, 5) is 24.1. The number of hydrogen-bond acceptors (Lipinski definition) is 3. The second-order valence-corrected chi connectivity index (χ2v) is 4.30. The molecule has 3 atom stereocenters. The fourth-order valence-corrected chi connectivity index (χ4v) is 2.27. The molecule has 2 rings (SSSR count). The lowest BCUT2D eigenvalue weighted by Gasteiger charge is -2.22. The van der Waals surface area contributed by atoms with Crippen molar-refractivity contribution < 1.29 is 19.8 Å². The molecule has 1 saturated carbocycles. The fourth-order valence-electron chi connectivity index (χ4n) is 2.27. The molecule has 0 aromatic heterocycles. The summed E-state index contributed by atoms with van der Waals surface area (Å²) in [6, 6.07) is -0.0902. The Bertz CT molecular complexity index is 291. The molecule has 1 amide bonds. The minimum atomic E-state index is -0.881. The van der Waals surface area contributed by atoms with Gasteiger partial charge in [0, 0.05) is 6.54 Å². The summed E-state index contributed by atoms with van der Waals surface area (Å²) in [5.41, 5.74) is 0.